The van der Waals surface area contributed by atoms with E-state index in [-0.39, 0.29) is 24.0 Å². The van der Waals surface area contributed by atoms with Crippen LogP contribution in [-0.4, -0.2) is 29.6 Å². The van der Waals surface area contributed by atoms with E-state index in [2.05, 4.69) is 25.6 Å². The second kappa shape index (κ2) is 10.8. The molecule has 124 valence electrons. The van der Waals surface area contributed by atoms with Gasteiger partial charge in [-0.15, -0.1) is 24.0 Å². The van der Waals surface area contributed by atoms with Crippen LogP contribution in [0, 0.1) is 0 Å². The average molecular weight is 427 g/mol. The van der Waals surface area contributed by atoms with E-state index in [1.54, 1.807) is 13.3 Å². The Morgan fingerprint density at radius 1 is 1.13 bits per heavy atom. The van der Waals surface area contributed by atoms with E-state index in [1.165, 1.54) is 0 Å². The van der Waals surface area contributed by atoms with Gasteiger partial charge >= 0.3 is 0 Å². The molecule has 0 aromatic carbocycles. The van der Waals surface area contributed by atoms with Gasteiger partial charge in [-0.3, -0.25) is 4.98 Å². The van der Waals surface area contributed by atoms with Crippen molar-refractivity contribution in [2.24, 2.45) is 4.99 Å². The van der Waals surface area contributed by atoms with Crippen LogP contribution in [0.5, 0.6) is 5.88 Å². The molecule has 2 rings (SSSR count). The maximum absolute atomic E-state index is 5.12. The Bertz CT molecular complexity index is 606. The first-order valence-electron chi connectivity index (χ1n) is 7.24. The highest BCUT2D eigenvalue weighted by Gasteiger charge is 2.00. The third kappa shape index (κ3) is 6.81. The van der Waals surface area contributed by atoms with Crippen molar-refractivity contribution in [2.75, 3.05) is 13.7 Å². The van der Waals surface area contributed by atoms with Gasteiger partial charge < -0.3 is 15.4 Å². The van der Waals surface area contributed by atoms with Gasteiger partial charge in [-0.2, -0.15) is 0 Å². The Balaban J connectivity index is 0.00000264. The van der Waals surface area contributed by atoms with Crippen LogP contribution in [0.2, 0.25) is 0 Å². The number of methoxy groups -OCH3 is 1. The Kier molecular flexibility index (Phi) is 8.96. The molecule has 0 aliphatic carbocycles. The third-order valence-corrected chi connectivity index (χ3v) is 2.90. The number of hydrogen-bond acceptors (Lipinski definition) is 4. The average Bonchev–Trinajstić information content (AvgIpc) is 2.58. The number of halogens is 1. The van der Waals surface area contributed by atoms with Gasteiger partial charge in [-0.1, -0.05) is 12.1 Å². The van der Waals surface area contributed by atoms with Crippen molar-refractivity contribution in [3.05, 3.63) is 54.0 Å². The van der Waals surface area contributed by atoms with Gasteiger partial charge in [0, 0.05) is 18.8 Å². The summed E-state index contributed by atoms with van der Waals surface area (Å²) in [6, 6.07) is 11.5. The molecule has 2 aromatic rings. The van der Waals surface area contributed by atoms with Crippen LogP contribution in [0.15, 0.2) is 47.6 Å². The van der Waals surface area contributed by atoms with Gasteiger partial charge in [0.15, 0.2) is 5.96 Å². The fourth-order valence-corrected chi connectivity index (χ4v) is 1.84. The van der Waals surface area contributed by atoms with E-state index in [9.17, 15) is 0 Å². The van der Waals surface area contributed by atoms with Crippen molar-refractivity contribution in [1.29, 1.82) is 0 Å². The topological polar surface area (TPSA) is 71.4 Å². The molecule has 0 unspecified atom stereocenters. The van der Waals surface area contributed by atoms with E-state index in [4.69, 9.17) is 4.74 Å². The minimum Gasteiger partial charge on any atom is -0.481 e. The molecule has 0 amide bonds. The van der Waals surface area contributed by atoms with E-state index in [1.807, 2.05) is 43.3 Å². The molecular formula is C16H22IN5O. The zero-order valence-corrected chi connectivity index (χ0v) is 15.7. The van der Waals surface area contributed by atoms with Gasteiger partial charge in [0.1, 0.15) is 0 Å². The quantitative estimate of drug-likeness (QED) is 0.421. The molecule has 0 spiro atoms. The number of nitrogens with one attached hydrogen (secondary N) is 2. The minimum absolute atomic E-state index is 0. The Morgan fingerprint density at radius 3 is 2.65 bits per heavy atom. The number of pyridine rings is 2. The monoisotopic (exact) mass is 427 g/mol. The Hall–Kier alpha value is -1.90. The molecular weight excluding hydrogens is 405 g/mol. The first-order valence-corrected chi connectivity index (χ1v) is 7.24. The van der Waals surface area contributed by atoms with Crippen LogP contribution >= 0.6 is 24.0 Å². The Morgan fingerprint density at radius 2 is 1.96 bits per heavy atom. The molecule has 0 atom stereocenters. The summed E-state index contributed by atoms with van der Waals surface area (Å²) in [6.07, 6.45) is 1.78. The van der Waals surface area contributed by atoms with Crippen molar-refractivity contribution < 1.29 is 4.74 Å². The summed E-state index contributed by atoms with van der Waals surface area (Å²) in [4.78, 5) is 13.1. The second-order valence-corrected chi connectivity index (χ2v) is 4.54. The summed E-state index contributed by atoms with van der Waals surface area (Å²) in [5.41, 5.74) is 1.82. The summed E-state index contributed by atoms with van der Waals surface area (Å²) in [7, 11) is 1.61. The number of ether oxygens (including phenoxy) is 1. The molecule has 0 fully saturated rings. The summed E-state index contributed by atoms with van der Waals surface area (Å²) in [5, 5.41) is 6.46. The highest BCUT2D eigenvalue weighted by molar-refractivity contribution is 14.0. The van der Waals surface area contributed by atoms with Crippen LogP contribution in [0.4, 0.5) is 0 Å². The maximum Gasteiger partial charge on any atom is 0.213 e. The summed E-state index contributed by atoms with van der Waals surface area (Å²) < 4.78 is 5.12. The lowest BCUT2D eigenvalue weighted by atomic mass is 10.3. The van der Waals surface area contributed by atoms with E-state index in [0.29, 0.717) is 19.0 Å². The molecule has 23 heavy (non-hydrogen) atoms. The Labute approximate surface area is 153 Å². The first-order chi connectivity index (χ1) is 10.8. The highest BCUT2D eigenvalue weighted by Crippen LogP contribution is 2.07. The normalized spacial score (nSPS) is 10.6. The van der Waals surface area contributed by atoms with Gasteiger partial charge in [-0.05, 0) is 25.1 Å². The molecule has 2 aromatic heterocycles. The number of aliphatic imine (C=N–C) groups is 1. The minimum atomic E-state index is 0. The predicted molar refractivity (Wildman–Crippen MR) is 102 cm³/mol. The van der Waals surface area contributed by atoms with E-state index >= 15 is 0 Å². The van der Waals surface area contributed by atoms with E-state index < -0.39 is 0 Å². The van der Waals surface area contributed by atoms with Gasteiger partial charge in [0.25, 0.3) is 0 Å². The first kappa shape index (κ1) is 19.1. The third-order valence-electron chi connectivity index (χ3n) is 2.90. The van der Waals surface area contributed by atoms with Crippen molar-refractivity contribution in [3.63, 3.8) is 0 Å². The van der Waals surface area contributed by atoms with Gasteiger partial charge in [0.05, 0.1) is 31.6 Å². The van der Waals surface area contributed by atoms with E-state index in [0.717, 1.165) is 23.9 Å². The van der Waals surface area contributed by atoms with Crippen LogP contribution in [-0.2, 0) is 13.1 Å². The molecule has 0 radical (unpaired) electrons. The van der Waals surface area contributed by atoms with Crippen molar-refractivity contribution in [3.8, 4) is 5.88 Å². The molecule has 0 bridgehead atoms. The van der Waals surface area contributed by atoms with Gasteiger partial charge in [-0.25, -0.2) is 9.98 Å². The molecule has 7 heteroatoms. The lowest BCUT2D eigenvalue weighted by Gasteiger charge is -2.11. The number of rotatable bonds is 6. The number of nitrogens with zero attached hydrogens (tertiary/aromatic N) is 3. The second-order valence-electron chi connectivity index (χ2n) is 4.54. The fourth-order valence-electron chi connectivity index (χ4n) is 1.84. The summed E-state index contributed by atoms with van der Waals surface area (Å²) in [5.74, 6) is 1.33. The fraction of sp³-hybridized carbons (Fsp3) is 0.312. The number of aromatic nitrogens is 2. The lowest BCUT2D eigenvalue weighted by molar-refractivity contribution is 0.396. The van der Waals surface area contributed by atoms with Crippen LogP contribution < -0.4 is 15.4 Å². The lowest BCUT2D eigenvalue weighted by Crippen LogP contribution is -2.37. The van der Waals surface area contributed by atoms with Gasteiger partial charge in [0.2, 0.25) is 5.88 Å². The summed E-state index contributed by atoms with van der Waals surface area (Å²) in [6.45, 7) is 3.92. The SMILES string of the molecule is CCNC(=NCc1cccc(OC)n1)NCc1ccccn1.I. The van der Waals surface area contributed by atoms with Crippen molar-refractivity contribution in [2.45, 2.75) is 20.0 Å². The predicted octanol–water partition coefficient (Wildman–Crippen LogP) is 2.36. The molecule has 0 aliphatic rings. The van der Waals surface area contributed by atoms with Crippen LogP contribution in [0.3, 0.4) is 0 Å². The smallest absolute Gasteiger partial charge is 0.213 e. The zero-order chi connectivity index (χ0) is 15.6. The van der Waals surface area contributed by atoms with Crippen molar-refractivity contribution in [1.82, 2.24) is 20.6 Å². The number of guanidine groups is 1. The molecule has 0 saturated carbocycles. The standard InChI is InChI=1S/C16H21N5O.HI/c1-3-17-16(19-11-13-7-4-5-10-18-13)20-12-14-8-6-9-15(21-14)22-2;/h4-10H,3,11-12H2,1-2H3,(H2,17,19,20);1H. The molecule has 2 heterocycles. The molecule has 0 saturated heterocycles. The molecule has 2 N–H and O–H groups in total. The zero-order valence-electron chi connectivity index (χ0n) is 13.3. The van der Waals surface area contributed by atoms with Crippen LogP contribution in [0.1, 0.15) is 18.3 Å². The van der Waals surface area contributed by atoms with Crippen LogP contribution in [0.25, 0.3) is 0 Å². The van der Waals surface area contributed by atoms with Crippen molar-refractivity contribution >= 4 is 29.9 Å². The largest absolute Gasteiger partial charge is 0.481 e. The number of hydrogen-bond donors (Lipinski definition) is 2. The highest BCUT2D eigenvalue weighted by atomic mass is 127. The molecule has 6 nitrogen and oxygen atoms in total. The molecule has 0 aliphatic heterocycles. The maximum atomic E-state index is 5.12. The summed E-state index contributed by atoms with van der Waals surface area (Å²) >= 11 is 0.